The maximum absolute atomic E-state index is 11.5. The number of fused-ring (bicyclic) bond motifs is 1. The number of carbonyl (C=O) groups excluding carboxylic acids is 1. The van der Waals surface area contributed by atoms with Crippen LogP contribution in [0.4, 0.5) is 0 Å². The van der Waals surface area contributed by atoms with Gasteiger partial charge in [0.05, 0.1) is 17.3 Å². The Bertz CT molecular complexity index is 444. The highest BCUT2D eigenvalue weighted by molar-refractivity contribution is 5.73. The van der Waals surface area contributed by atoms with Gasteiger partial charge in [0.15, 0.2) is 0 Å². The van der Waals surface area contributed by atoms with Gasteiger partial charge >= 0.3 is 0 Å². The number of piperidine rings is 2. The Morgan fingerprint density at radius 2 is 1.87 bits per heavy atom. The van der Waals surface area contributed by atoms with E-state index in [1.54, 1.807) is 6.92 Å². The van der Waals surface area contributed by atoms with Gasteiger partial charge in [-0.2, -0.15) is 0 Å². The van der Waals surface area contributed by atoms with E-state index in [1.807, 2.05) is 4.90 Å². The summed E-state index contributed by atoms with van der Waals surface area (Å²) >= 11 is 0. The molecule has 0 saturated carbocycles. The highest BCUT2D eigenvalue weighted by atomic mass is 16.5. The van der Waals surface area contributed by atoms with Gasteiger partial charge in [0.2, 0.25) is 5.91 Å². The summed E-state index contributed by atoms with van der Waals surface area (Å²) in [6, 6.07) is 0.451. The lowest BCUT2D eigenvalue weighted by Crippen LogP contribution is -2.60. The van der Waals surface area contributed by atoms with Crippen LogP contribution in [-0.2, 0) is 9.53 Å². The lowest BCUT2D eigenvalue weighted by atomic mass is 9.84. The van der Waals surface area contributed by atoms with E-state index < -0.39 is 5.60 Å². The number of ether oxygens (including phenoxy) is 1. The third-order valence-corrected chi connectivity index (χ3v) is 5.98. The van der Waals surface area contributed by atoms with Crippen LogP contribution < -0.4 is 0 Å². The second-order valence-electron chi connectivity index (χ2n) is 8.37. The van der Waals surface area contributed by atoms with Crippen molar-refractivity contribution in [1.29, 1.82) is 0 Å². The van der Waals surface area contributed by atoms with E-state index in [4.69, 9.17) is 4.74 Å². The summed E-state index contributed by atoms with van der Waals surface area (Å²) in [6.45, 7) is 9.13. The minimum atomic E-state index is -0.652. The molecule has 1 N–H and O–H groups in total. The molecule has 3 aliphatic rings. The standard InChI is InChI=1S/C18H32N2O3/c1-14(21)19-11-8-18(22,9-12-19)13-20-10-4-5-16-15(20)6-7-17(2,3)23-16/h15-16,22H,4-13H2,1-3H3/t15-,16-/m1/s1. The molecular formula is C18H32N2O3. The van der Waals surface area contributed by atoms with Gasteiger partial charge in [-0.25, -0.2) is 0 Å². The van der Waals surface area contributed by atoms with Crippen molar-refractivity contribution in [3.8, 4) is 0 Å². The molecule has 132 valence electrons. The molecule has 3 fully saturated rings. The number of amides is 1. The molecule has 0 aliphatic carbocycles. The maximum Gasteiger partial charge on any atom is 0.219 e. The first-order valence-electron chi connectivity index (χ1n) is 9.18. The zero-order valence-electron chi connectivity index (χ0n) is 14.9. The molecule has 0 spiro atoms. The molecule has 3 aliphatic heterocycles. The molecule has 5 nitrogen and oxygen atoms in total. The minimum Gasteiger partial charge on any atom is -0.388 e. The van der Waals surface area contributed by atoms with Crippen LogP contribution >= 0.6 is 0 Å². The number of likely N-dealkylation sites (tertiary alicyclic amines) is 2. The van der Waals surface area contributed by atoms with E-state index in [1.165, 1.54) is 0 Å². The topological polar surface area (TPSA) is 53.0 Å². The Morgan fingerprint density at radius 1 is 1.17 bits per heavy atom. The second kappa shape index (κ2) is 6.34. The molecule has 3 rings (SSSR count). The molecule has 0 bridgehead atoms. The van der Waals surface area contributed by atoms with Crippen LogP contribution in [0, 0.1) is 0 Å². The van der Waals surface area contributed by atoms with Crippen molar-refractivity contribution in [2.75, 3.05) is 26.2 Å². The Morgan fingerprint density at radius 3 is 2.52 bits per heavy atom. The van der Waals surface area contributed by atoms with E-state index in [-0.39, 0.29) is 11.5 Å². The molecule has 5 heteroatoms. The Balaban J connectivity index is 1.60. The van der Waals surface area contributed by atoms with E-state index in [0.717, 1.165) is 38.8 Å². The second-order valence-corrected chi connectivity index (χ2v) is 8.37. The summed E-state index contributed by atoms with van der Waals surface area (Å²) in [5, 5.41) is 11.0. The quantitative estimate of drug-likeness (QED) is 0.841. The van der Waals surface area contributed by atoms with Crippen molar-refractivity contribution in [1.82, 2.24) is 9.80 Å². The van der Waals surface area contributed by atoms with Crippen LogP contribution in [0.5, 0.6) is 0 Å². The van der Waals surface area contributed by atoms with Crippen LogP contribution in [0.1, 0.15) is 59.3 Å². The first kappa shape index (κ1) is 17.2. The van der Waals surface area contributed by atoms with Gasteiger partial charge in [0.25, 0.3) is 0 Å². The number of nitrogens with zero attached hydrogens (tertiary/aromatic N) is 2. The van der Waals surface area contributed by atoms with Crippen LogP contribution in [0.2, 0.25) is 0 Å². The van der Waals surface area contributed by atoms with Gasteiger partial charge in [0.1, 0.15) is 0 Å². The SMILES string of the molecule is CC(=O)N1CCC(O)(CN2CCC[C@H]3OC(C)(C)CC[C@H]32)CC1. The number of rotatable bonds is 2. The number of carbonyl (C=O) groups is 1. The van der Waals surface area contributed by atoms with Crippen molar-refractivity contribution in [2.24, 2.45) is 0 Å². The first-order chi connectivity index (χ1) is 10.8. The lowest BCUT2D eigenvalue weighted by molar-refractivity contribution is -0.169. The zero-order valence-corrected chi connectivity index (χ0v) is 14.9. The zero-order chi connectivity index (χ0) is 16.7. The molecule has 0 aromatic carbocycles. The third-order valence-electron chi connectivity index (χ3n) is 5.98. The Kier molecular flexibility index (Phi) is 4.73. The molecular weight excluding hydrogens is 292 g/mol. The molecule has 0 radical (unpaired) electrons. The van der Waals surface area contributed by atoms with Crippen LogP contribution in [-0.4, -0.2) is 70.3 Å². The molecule has 23 heavy (non-hydrogen) atoms. The number of β-amino-alcohol motifs (C(OH)–C–C–N with tert-alkyl or cyclic N) is 1. The molecule has 3 heterocycles. The highest BCUT2D eigenvalue weighted by Gasteiger charge is 2.43. The van der Waals surface area contributed by atoms with Gasteiger partial charge in [-0.05, 0) is 58.9 Å². The Hall–Kier alpha value is -0.650. The lowest BCUT2D eigenvalue weighted by Gasteiger charge is -2.51. The molecule has 2 atom stereocenters. The summed E-state index contributed by atoms with van der Waals surface area (Å²) in [4.78, 5) is 15.8. The number of hydrogen-bond donors (Lipinski definition) is 1. The first-order valence-corrected chi connectivity index (χ1v) is 9.18. The summed E-state index contributed by atoms with van der Waals surface area (Å²) in [7, 11) is 0. The molecule has 0 unspecified atom stereocenters. The van der Waals surface area contributed by atoms with Gasteiger partial charge in [-0.1, -0.05) is 0 Å². The third kappa shape index (κ3) is 3.89. The Labute approximate surface area is 140 Å². The minimum absolute atomic E-state index is 0.00605. The summed E-state index contributed by atoms with van der Waals surface area (Å²) in [5.74, 6) is 0.119. The fraction of sp³-hybridized carbons (Fsp3) is 0.944. The average Bonchev–Trinajstić information content (AvgIpc) is 2.46. The van der Waals surface area contributed by atoms with Crippen molar-refractivity contribution in [3.63, 3.8) is 0 Å². The number of aliphatic hydroxyl groups is 1. The smallest absolute Gasteiger partial charge is 0.219 e. The molecule has 0 aromatic heterocycles. The van der Waals surface area contributed by atoms with Crippen molar-refractivity contribution < 1.29 is 14.6 Å². The molecule has 0 aromatic rings. The van der Waals surface area contributed by atoms with Crippen LogP contribution in [0.25, 0.3) is 0 Å². The van der Waals surface area contributed by atoms with Crippen molar-refractivity contribution >= 4 is 5.91 Å². The monoisotopic (exact) mass is 324 g/mol. The predicted octanol–water partition coefficient (Wildman–Crippen LogP) is 1.78. The van der Waals surface area contributed by atoms with Gasteiger partial charge in [0, 0.05) is 32.6 Å². The largest absolute Gasteiger partial charge is 0.388 e. The van der Waals surface area contributed by atoms with Gasteiger partial charge in [-0.3, -0.25) is 9.69 Å². The fourth-order valence-corrected chi connectivity index (χ4v) is 4.53. The van der Waals surface area contributed by atoms with E-state index in [9.17, 15) is 9.90 Å². The van der Waals surface area contributed by atoms with Crippen LogP contribution in [0.3, 0.4) is 0 Å². The highest BCUT2D eigenvalue weighted by Crippen LogP contribution is 2.37. The van der Waals surface area contributed by atoms with E-state index >= 15 is 0 Å². The average molecular weight is 324 g/mol. The van der Waals surface area contributed by atoms with E-state index in [0.29, 0.717) is 38.1 Å². The summed E-state index contributed by atoms with van der Waals surface area (Å²) < 4.78 is 6.30. The molecule has 1 amide bonds. The summed E-state index contributed by atoms with van der Waals surface area (Å²) in [6.07, 6.45) is 6.22. The van der Waals surface area contributed by atoms with Gasteiger partial charge in [-0.15, -0.1) is 0 Å². The summed E-state index contributed by atoms with van der Waals surface area (Å²) in [5.41, 5.74) is -0.658. The van der Waals surface area contributed by atoms with Gasteiger partial charge < -0.3 is 14.7 Å². The van der Waals surface area contributed by atoms with Crippen molar-refractivity contribution in [2.45, 2.75) is 82.6 Å². The molecule has 3 saturated heterocycles. The van der Waals surface area contributed by atoms with E-state index in [2.05, 4.69) is 18.7 Å². The van der Waals surface area contributed by atoms with Crippen molar-refractivity contribution in [3.05, 3.63) is 0 Å². The normalized spacial score (nSPS) is 34.0. The maximum atomic E-state index is 11.5. The number of hydrogen-bond acceptors (Lipinski definition) is 4. The fourth-order valence-electron chi connectivity index (χ4n) is 4.53. The van der Waals surface area contributed by atoms with Crippen LogP contribution in [0.15, 0.2) is 0 Å². The predicted molar refractivity (Wildman–Crippen MR) is 89.2 cm³/mol.